The van der Waals surface area contributed by atoms with E-state index in [1.54, 1.807) is 36.4 Å². The fourth-order valence-corrected chi connectivity index (χ4v) is 2.05. The van der Waals surface area contributed by atoms with Crippen LogP contribution in [0.15, 0.2) is 48.5 Å². The van der Waals surface area contributed by atoms with Gasteiger partial charge < -0.3 is 19.8 Å². The molecule has 4 nitrogen and oxygen atoms in total. The molecule has 0 radical (unpaired) electrons. The third kappa shape index (κ3) is 8.25. The molecular weight excluding hydrogens is 442 g/mol. The molecule has 2 aromatic rings. The maximum absolute atomic E-state index is 10.5. The van der Waals surface area contributed by atoms with Crippen molar-refractivity contribution in [2.75, 3.05) is 0 Å². The number of carboxylic acids is 2. The number of rotatable bonds is 4. The molecule has 0 aliphatic rings. The minimum Gasteiger partial charge on any atom is -0.545 e. The van der Waals surface area contributed by atoms with Gasteiger partial charge in [0.05, 0.1) is 11.9 Å². The van der Waals surface area contributed by atoms with Gasteiger partial charge in [0.2, 0.25) is 0 Å². The molecule has 0 saturated heterocycles. The Morgan fingerprint density at radius 1 is 0.720 bits per heavy atom. The topological polar surface area (TPSA) is 80.3 Å². The molecule has 5 heteroatoms. The summed E-state index contributed by atoms with van der Waals surface area (Å²) in [5.41, 5.74) is 2.55. The molecule has 0 fully saturated rings. The molecule has 0 aromatic heterocycles. The van der Waals surface area contributed by atoms with Crippen molar-refractivity contribution in [3.05, 3.63) is 70.8 Å². The molecule has 0 N–H and O–H groups in total. The molecule has 0 aliphatic heterocycles. The number of benzene rings is 2. The monoisotopic (exact) mass is 464 g/mol. The minimum atomic E-state index is -1.11. The van der Waals surface area contributed by atoms with Crippen molar-refractivity contribution in [3.63, 3.8) is 0 Å². The van der Waals surface area contributed by atoms with Gasteiger partial charge in [-0.05, 0) is 46.2 Å². The summed E-state index contributed by atoms with van der Waals surface area (Å²) in [6, 6.07) is 13.7. The number of hydrogen-bond donors (Lipinski definition) is 0. The van der Waals surface area contributed by atoms with E-state index in [1.807, 2.05) is 39.8 Å². The third-order valence-electron chi connectivity index (χ3n) is 3.58. The summed E-state index contributed by atoms with van der Waals surface area (Å²) in [4.78, 5) is 20.9. The average molecular weight is 464 g/mol. The van der Waals surface area contributed by atoms with Crippen LogP contribution in [0.4, 0.5) is 0 Å². The molecule has 0 bridgehead atoms. The van der Waals surface area contributed by atoms with Gasteiger partial charge in [-0.2, -0.15) is 0 Å². The Morgan fingerprint density at radius 3 is 1.28 bits per heavy atom. The van der Waals surface area contributed by atoms with E-state index in [9.17, 15) is 19.8 Å². The van der Waals surface area contributed by atoms with E-state index < -0.39 is 11.9 Å². The first-order chi connectivity index (χ1) is 11.2. The maximum atomic E-state index is 10.5. The van der Waals surface area contributed by atoms with Crippen molar-refractivity contribution in [1.29, 1.82) is 0 Å². The van der Waals surface area contributed by atoms with Gasteiger partial charge in [-0.15, -0.1) is 0 Å². The second-order valence-electron chi connectivity index (χ2n) is 6.14. The van der Waals surface area contributed by atoms with Gasteiger partial charge in [0.15, 0.2) is 0 Å². The normalized spacial score (nSPS) is 9.84. The molecule has 0 unspecified atom stereocenters. The summed E-state index contributed by atoms with van der Waals surface area (Å²) < 4.78 is 0. The van der Waals surface area contributed by atoms with Gasteiger partial charge in [0, 0.05) is 0 Å². The first-order valence-corrected chi connectivity index (χ1v) is 7.85. The standard InChI is InChI=1S/2C10H12O2.Ba/c2*1-7(2)8-4-3-5-9(6-8)10(11)12;/h2*3-7H,1-2H3,(H,11,12);/q;;+2/p-2. The van der Waals surface area contributed by atoms with Crippen LogP contribution in [-0.2, 0) is 0 Å². The Labute approximate surface area is 189 Å². The molecule has 0 saturated carbocycles. The summed E-state index contributed by atoms with van der Waals surface area (Å²) in [6.07, 6.45) is 0. The van der Waals surface area contributed by atoms with Crippen molar-refractivity contribution in [1.82, 2.24) is 0 Å². The number of aromatic carboxylic acids is 2. The Kier molecular flexibility index (Phi) is 11.1. The minimum absolute atomic E-state index is 0. The van der Waals surface area contributed by atoms with Crippen molar-refractivity contribution >= 4 is 60.8 Å². The van der Waals surface area contributed by atoms with Gasteiger partial charge in [-0.3, -0.25) is 0 Å². The Bertz CT molecular complexity index is 647. The number of carbonyl (C=O) groups excluding carboxylic acids is 2. The summed E-state index contributed by atoms with van der Waals surface area (Å²) in [5, 5.41) is 20.9. The van der Waals surface area contributed by atoms with E-state index in [0.717, 1.165) is 11.1 Å². The van der Waals surface area contributed by atoms with E-state index in [4.69, 9.17) is 0 Å². The Hall–Kier alpha value is -1.05. The van der Waals surface area contributed by atoms with Crippen LogP contribution in [-0.4, -0.2) is 60.8 Å². The summed E-state index contributed by atoms with van der Waals surface area (Å²) in [5.74, 6) is -1.52. The SMILES string of the molecule is CC(C)c1cccc(C(=O)[O-])c1.CC(C)c1cccc(C(=O)[O-])c1.[Ba+2]. The average Bonchev–Trinajstić information content (AvgIpc) is 2.55. The van der Waals surface area contributed by atoms with Gasteiger partial charge in [-0.1, -0.05) is 64.1 Å². The molecule has 0 spiro atoms. The van der Waals surface area contributed by atoms with Crippen molar-refractivity contribution < 1.29 is 19.8 Å². The zero-order valence-electron chi connectivity index (χ0n) is 15.1. The van der Waals surface area contributed by atoms with Crippen LogP contribution in [0.25, 0.3) is 0 Å². The van der Waals surface area contributed by atoms with Crippen LogP contribution in [0.1, 0.15) is 71.4 Å². The molecule has 0 atom stereocenters. The summed E-state index contributed by atoms with van der Waals surface area (Å²) in [6.45, 7) is 8.09. The molecule has 25 heavy (non-hydrogen) atoms. The van der Waals surface area contributed by atoms with Gasteiger partial charge in [0.25, 0.3) is 0 Å². The first-order valence-electron chi connectivity index (χ1n) is 7.85. The van der Waals surface area contributed by atoms with Gasteiger partial charge in [-0.25, -0.2) is 0 Å². The largest absolute Gasteiger partial charge is 2.00 e. The third-order valence-corrected chi connectivity index (χ3v) is 3.58. The molecular formula is C20H22BaO4. The molecule has 0 heterocycles. The number of hydrogen-bond acceptors (Lipinski definition) is 4. The Morgan fingerprint density at radius 2 is 1.04 bits per heavy atom. The van der Waals surface area contributed by atoms with E-state index in [2.05, 4.69) is 0 Å². The summed E-state index contributed by atoms with van der Waals surface area (Å²) >= 11 is 0. The number of carboxylic acid groups (broad SMARTS) is 2. The fraction of sp³-hybridized carbons (Fsp3) is 0.300. The van der Waals surface area contributed by atoms with Crippen LogP contribution in [0, 0.1) is 0 Å². The molecule has 128 valence electrons. The van der Waals surface area contributed by atoms with E-state index in [-0.39, 0.29) is 60.0 Å². The van der Waals surface area contributed by atoms with E-state index in [1.165, 1.54) is 0 Å². The molecule has 2 rings (SSSR count). The molecule has 0 amide bonds. The second-order valence-corrected chi connectivity index (χ2v) is 6.14. The van der Waals surface area contributed by atoms with Crippen LogP contribution < -0.4 is 10.2 Å². The van der Waals surface area contributed by atoms with Gasteiger partial charge in [0.1, 0.15) is 0 Å². The van der Waals surface area contributed by atoms with Crippen LogP contribution >= 0.6 is 0 Å². The quantitative estimate of drug-likeness (QED) is 0.649. The summed E-state index contributed by atoms with van der Waals surface area (Å²) in [7, 11) is 0. The predicted octanol–water partition coefficient (Wildman–Crippen LogP) is 1.97. The zero-order valence-corrected chi connectivity index (χ0v) is 19.6. The first kappa shape index (κ1) is 24.0. The van der Waals surface area contributed by atoms with Crippen LogP contribution in [0.5, 0.6) is 0 Å². The fourth-order valence-electron chi connectivity index (χ4n) is 2.05. The van der Waals surface area contributed by atoms with Gasteiger partial charge >= 0.3 is 48.9 Å². The van der Waals surface area contributed by atoms with Crippen molar-refractivity contribution in [2.24, 2.45) is 0 Å². The number of carbonyl (C=O) groups is 2. The van der Waals surface area contributed by atoms with Crippen LogP contribution in [0.2, 0.25) is 0 Å². The van der Waals surface area contributed by atoms with E-state index in [0.29, 0.717) is 11.8 Å². The maximum Gasteiger partial charge on any atom is 2.00 e. The predicted molar refractivity (Wildman–Crippen MR) is 95.5 cm³/mol. The van der Waals surface area contributed by atoms with Crippen LogP contribution in [0.3, 0.4) is 0 Å². The van der Waals surface area contributed by atoms with Crippen molar-refractivity contribution in [3.8, 4) is 0 Å². The Balaban J connectivity index is 0.000000443. The molecule has 0 aliphatic carbocycles. The van der Waals surface area contributed by atoms with Crippen molar-refractivity contribution in [2.45, 2.75) is 39.5 Å². The molecule has 2 aromatic carbocycles. The van der Waals surface area contributed by atoms with E-state index >= 15 is 0 Å². The smallest absolute Gasteiger partial charge is 0.545 e. The zero-order chi connectivity index (χ0) is 18.3. The second kappa shape index (κ2) is 11.5.